The summed E-state index contributed by atoms with van der Waals surface area (Å²) in [5, 5.41) is 0. The van der Waals surface area contributed by atoms with Gasteiger partial charge in [0.15, 0.2) is 0 Å². The van der Waals surface area contributed by atoms with E-state index < -0.39 is 0 Å². The van der Waals surface area contributed by atoms with Crippen molar-refractivity contribution in [1.29, 1.82) is 0 Å². The molecular formula is C11H12NO2W-. The number of fused-ring (bicyclic) bond motifs is 1. The second kappa shape index (κ2) is 4.71. The van der Waals surface area contributed by atoms with Crippen LogP contribution in [-0.4, -0.2) is 19.6 Å². The first-order chi connectivity index (χ1) is 6.68. The minimum absolute atomic E-state index is 0. The smallest absolute Gasteiger partial charge is 0.139 e. The number of benzene rings is 1. The second-order valence-corrected chi connectivity index (χ2v) is 3.38. The van der Waals surface area contributed by atoms with Crippen molar-refractivity contribution in [1.82, 2.24) is 0 Å². The monoisotopic (exact) mass is 374 g/mol. The van der Waals surface area contributed by atoms with Crippen LogP contribution in [0.5, 0.6) is 5.75 Å². The van der Waals surface area contributed by atoms with Gasteiger partial charge in [-0.1, -0.05) is 6.07 Å². The number of anilines is 1. The Morgan fingerprint density at radius 3 is 2.93 bits per heavy atom. The summed E-state index contributed by atoms with van der Waals surface area (Å²) in [5.74, 6) is 0.752. The van der Waals surface area contributed by atoms with Crippen LogP contribution in [0.4, 0.5) is 5.69 Å². The quantitative estimate of drug-likeness (QED) is 0.646. The second-order valence-electron chi connectivity index (χ2n) is 3.38. The van der Waals surface area contributed by atoms with Gasteiger partial charge in [-0.25, -0.2) is 0 Å². The molecule has 0 aromatic heterocycles. The Hall–Kier alpha value is -0.952. The van der Waals surface area contributed by atoms with Crippen molar-refractivity contribution in [2.24, 2.45) is 0 Å². The maximum atomic E-state index is 11.5. The average molecular weight is 374 g/mol. The number of nitrogens with zero attached hydrogens (tertiary/aromatic N) is 1. The number of amides is 1. The summed E-state index contributed by atoms with van der Waals surface area (Å²) in [4.78, 5) is 13.1. The van der Waals surface area contributed by atoms with Gasteiger partial charge in [0, 0.05) is 28.1 Å². The third-order valence-electron chi connectivity index (χ3n) is 2.30. The molecule has 0 unspecified atom stereocenters. The number of carbonyl (C=O) groups excluding carboxylic acids is 1. The Balaban J connectivity index is 0.00000112. The Kier molecular flexibility index (Phi) is 3.81. The van der Waals surface area contributed by atoms with Crippen LogP contribution < -0.4 is 9.64 Å². The van der Waals surface area contributed by atoms with Crippen molar-refractivity contribution < 1.29 is 30.6 Å². The van der Waals surface area contributed by atoms with E-state index >= 15 is 0 Å². The molecule has 80 valence electrons. The van der Waals surface area contributed by atoms with E-state index in [1.807, 2.05) is 25.1 Å². The largest absolute Gasteiger partial charge is 0.520 e. The molecule has 0 atom stereocenters. The van der Waals surface area contributed by atoms with Crippen LogP contribution in [0, 0.1) is 13.3 Å². The molecule has 0 fully saturated rings. The van der Waals surface area contributed by atoms with Gasteiger partial charge in [-0.3, -0.25) is 6.42 Å². The molecule has 1 aromatic rings. The zero-order valence-corrected chi connectivity index (χ0v) is 11.6. The van der Waals surface area contributed by atoms with Crippen LogP contribution in [0.1, 0.15) is 5.56 Å². The van der Waals surface area contributed by atoms with Crippen molar-refractivity contribution >= 4 is 11.6 Å². The molecule has 15 heavy (non-hydrogen) atoms. The summed E-state index contributed by atoms with van der Waals surface area (Å²) in [7, 11) is 1.75. The van der Waals surface area contributed by atoms with E-state index in [2.05, 4.69) is 0 Å². The molecule has 0 aliphatic carbocycles. The maximum Gasteiger partial charge on any atom is 0.139 e. The molecule has 0 bridgehead atoms. The Labute approximate surface area is 104 Å². The van der Waals surface area contributed by atoms with E-state index in [4.69, 9.17) is 4.74 Å². The first-order valence-corrected chi connectivity index (χ1v) is 4.53. The molecule has 2 rings (SSSR count). The molecule has 1 heterocycles. The number of hydrogen-bond acceptors (Lipinski definition) is 2. The number of rotatable bonds is 0. The van der Waals surface area contributed by atoms with Crippen LogP contribution in [0.2, 0.25) is 0 Å². The SMILES string of the molecule is Cc1ccc2c(c1)OC[CH-]C(=O)N2C.[W]. The van der Waals surface area contributed by atoms with Gasteiger partial charge in [-0.2, -0.15) is 0 Å². The van der Waals surface area contributed by atoms with Crippen LogP contribution in [-0.2, 0) is 25.9 Å². The molecular weight excluding hydrogens is 362 g/mol. The standard InChI is InChI=1S/C11H12NO2.W/c1-8-3-4-9-10(7-8)14-6-5-11(13)12(9)2;/h3-5,7H,6H2,1-2H3;/q-1;. The minimum atomic E-state index is -0.0207. The first-order valence-electron chi connectivity index (χ1n) is 4.53. The van der Waals surface area contributed by atoms with Gasteiger partial charge in [0.2, 0.25) is 0 Å². The van der Waals surface area contributed by atoms with Crippen LogP contribution in [0.25, 0.3) is 0 Å². The van der Waals surface area contributed by atoms with Crippen molar-refractivity contribution in [3.63, 3.8) is 0 Å². The average Bonchev–Trinajstić information content (AvgIpc) is 2.28. The Bertz CT molecular complexity index is 379. The third-order valence-corrected chi connectivity index (χ3v) is 2.30. The van der Waals surface area contributed by atoms with E-state index in [-0.39, 0.29) is 27.0 Å². The molecule has 1 aliphatic heterocycles. The molecule has 0 saturated carbocycles. The fourth-order valence-electron chi connectivity index (χ4n) is 1.47. The predicted octanol–water partition coefficient (Wildman–Crippen LogP) is 1.55. The normalized spacial score (nSPS) is 14.3. The zero-order chi connectivity index (χ0) is 10.1. The van der Waals surface area contributed by atoms with Crippen molar-refractivity contribution in [3.05, 3.63) is 30.2 Å². The fraction of sp³-hybridized carbons (Fsp3) is 0.273. The summed E-state index contributed by atoms with van der Waals surface area (Å²) in [6.45, 7) is 2.35. The molecule has 0 saturated heterocycles. The van der Waals surface area contributed by atoms with Crippen LogP contribution in [0.3, 0.4) is 0 Å². The van der Waals surface area contributed by atoms with E-state index in [0.29, 0.717) is 6.61 Å². The molecule has 0 N–H and O–H groups in total. The van der Waals surface area contributed by atoms with Gasteiger partial charge in [-0.05, 0) is 31.2 Å². The van der Waals surface area contributed by atoms with E-state index in [1.165, 1.54) is 6.42 Å². The number of hydrogen-bond donors (Lipinski definition) is 0. The van der Waals surface area contributed by atoms with Crippen molar-refractivity contribution in [2.75, 3.05) is 18.6 Å². The molecule has 1 aromatic carbocycles. The van der Waals surface area contributed by atoms with Gasteiger partial charge in [-0.15, -0.1) is 0 Å². The predicted molar refractivity (Wildman–Crippen MR) is 54.4 cm³/mol. The summed E-state index contributed by atoms with van der Waals surface area (Å²) < 4.78 is 5.45. The van der Waals surface area contributed by atoms with Gasteiger partial charge in [0.05, 0.1) is 11.6 Å². The van der Waals surface area contributed by atoms with Gasteiger partial charge >= 0.3 is 0 Å². The van der Waals surface area contributed by atoms with E-state index in [9.17, 15) is 4.79 Å². The molecule has 3 nitrogen and oxygen atoms in total. The zero-order valence-electron chi connectivity index (χ0n) is 8.69. The Morgan fingerprint density at radius 1 is 1.47 bits per heavy atom. The topological polar surface area (TPSA) is 29.5 Å². The number of aryl methyl sites for hydroxylation is 1. The van der Waals surface area contributed by atoms with E-state index in [1.54, 1.807) is 11.9 Å². The molecule has 0 spiro atoms. The van der Waals surface area contributed by atoms with E-state index in [0.717, 1.165) is 17.0 Å². The molecule has 0 radical (unpaired) electrons. The fourth-order valence-corrected chi connectivity index (χ4v) is 1.47. The first kappa shape index (κ1) is 12.1. The van der Waals surface area contributed by atoms with Crippen LogP contribution >= 0.6 is 0 Å². The molecule has 1 aliphatic rings. The van der Waals surface area contributed by atoms with Crippen LogP contribution in [0.15, 0.2) is 18.2 Å². The summed E-state index contributed by atoms with van der Waals surface area (Å²) in [6.07, 6.45) is 1.54. The molecule has 1 amide bonds. The number of carbonyl (C=O) groups is 1. The minimum Gasteiger partial charge on any atom is -0.520 e. The number of ether oxygens (including phenoxy) is 1. The third kappa shape index (κ3) is 2.35. The van der Waals surface area contributed by atoms with Crippen molar-refractivity contribution in [3.8, 4) is 5.75 Å². The van der Waals surface area contributed by atoms with Gasteiger partial charge < -0.3 is 14.4 Å². The summed E-state index contributed by atoms with van der Waals surface area (Å²) >= 11 is 0. The Morgan fingerprint density at radius 2 is 2.20 bits per heavy atom. The summed E-state index contributed by atoms with van der Waals surface area (Å²) in [6, 6.07) is 5.82. The van der Waals surface area contributed by atoms with Crippen molar-refractivity contribution in [2.45, 2.75) is 6.92 Å². The summed E-state index contributed by atoms with van der Waals surface area (Å²) in [5.41, 5.74) is 1.96. The maximum absolute atomic E-state index is 11.5. The van der Waals surface area contributed by atoms with Gasteiger partial charge in [0.1, 0.15) is 5.75 Å². The molecule has 4 heteroatoms. The van der Waals surface area contributed by atoms with Gasteiger partial charge in [0.25, 0.3) is 0 Å².